The average molecular weight is 592 g/mol. The minimum atomic E-state index is -3.75. The van der Waals surface area contributed by atoms with Crippen molar-refractivity contribution in [1.82, 2.24) is 4.90 Å². The Morgan fingerprint density at radius 1 is 0.829 bits per heavy atom. The lowest BCUT2D eigenvalue weighted by molar-refractivity contribution is -0.138. The van der Waals surface area contributed by atoms with Gasteiger partial charge in [0.15, 0.2) is 0 Å². The number of carboxylic acids is 1. The summed E-state index contributed by atoms with van der Waals surface area (Å²) in [5.41, 5.74) is 3.44. The molecule has 0 fully saturated rings. The van der Waals surface area contributed by atoms with Crippen LogP contribution in [0, 0.1) is 0 Å². The van der Waals surface area contributed by atoms with Crippen molar-refractivity contribution in [3.05, 3.63) is 130 Å². The molecule has 0 aliphatic carbocycles. The summed E-state index contributed by atoms with van der Waals surface area (Å²) in [6.45, 7) is 3.51. The molecule has 41 heavy (non-hydrogen) atoms. The van der Waals surface area contributed by atoms with Gasteiger partial charge in [-0.1, -0.05) is 85.3 Å². The largest absolute Gasteiger partial charge is 0.481 e. The zero-order valence-electron chi connectivity index (χ0n) is 22.9. The second kappa shape index (κ2) is 13.9. The SMILES string of the molecule is CC[C@@H](C(=O)O)c1ccc(S(=O)(=O)c2ccc(CCN(Cc3ccccc3)CC(O)c3cccc(Cl)c3)cc2)cc1. The van der Waals surface area contributed by atoms with E-state index in [0.29, 0.717) is 43.1 Å². The minimum absolute atomic E-state index is 0.123. The van der Waals surface area contributed by atoms with Crippen molar-refractivity contribution >= 4 is 27.4 Å². The van der Waals surface area contributed by atoms with Gasteiger partial charge in [0.2, 0.25) is 9.84 Å². The molecule has 1 unspecified atom stereocenters. The van der Waals surface area contributed by atoms with Crippen LogP contribution in [0.15, 0.2) is 113 Å². The molecule has 6 nitrogen and oxygen atoms in total. The molecule has 0 saturated carbocycles. The van der Waals surface area contributed by atoms with Gasteiger partial charge in [-0.15, -0.1) is 0 Å². The molecule has 4 aromatic carbocycles. The molecule has 0 radical (unpaired) electrons. The first-order valence-corrected chi connectivity index (χ1v) is 15.4. The molecule has 2 atom stereocenters. The van der Waals surface area contributed by atoms with Gasteiger partial charge in [-0.05, 0) is 71.5 Å². The Labute approximate surface area is 246 Å². The Hall–Kier alpha value is -3.49. The van der Waals surface area contributed by atoms with Gasteiger partial charge in [0.1, 0.15) is 0 Å². The number of rotatable bonds is 13. The summed E-state index contributed by atoms with van der Waals surface area (Å²) in [4.78, 5) is 13.9. The maximum atomic E-state index is 13.2. The first kappa shape index (κ1) is 30.5. The predicted octanol–water partition coefficient (Wildman–Crippen LogP) is 6.53. The van der Waals surface area contributed by atoms with Crippen molar-refractivity contribution in [3.63, 3.8) is 0 Å². The molecule has 8 heteroatoms. The van der Waals surface area contributed by atoms with E-state index in [1.165, 1.54) is 12.1 Å². The number of aliphatic carboxylic acids is 1. The van der Waals surface area contributed by atoms with Crippen molar-refractivity contribution < 1.29 is 23.4 Å². The number of benzene rings is 4. The van der Waals surface area contributed by atoms with Gasteiger partial charge < -0.3 is 10.2 Å². The second-order valence-electron chi connectivity index (χ2n) is 10.1. The number of halogens is 1. The molecule has 4 aromatic rings. The normalized spacial score (nSPS) is 13.2. The van der Waals surface area contributed by atoms with Crippen LogP contribution in [0.4, 0.5) is 0 Å². The van der Waals surface area contributed by atoms with Crippen LogP contribution in [0.25, 0.3) is 0 Å². The monoisotopic (exact) mass is 591 g/mol. The highest BCUT2D eigenvalue weighted by Gasteiger charge is 2.21. The number of sulfone groups is 1. The van der Waals surface area contributed by atoms with E-state index in [-0.39, 0.29) is 9.79 Å². The Kier molecular flexibility index (Phi) is 10.3. The first-order chi connectivity index (χ1) is 19.7. The second-order valence-corrected chi connectivity index (χ2v) is 12.4. The molecular weight excluding hydrogens is 558 g/mol. The molecule has 2 N–H and O–H groups in total. The summed E-state index contributed by atoms with van der Waals surface area (Å²) in [5.74, 6) is -1.60. The maximum absolute atomic E-state index is 13.2. The number of carboxylic acid groups (broad SMARTS) is 1. The van der Waals surface area contributed by atoms with Gasteiger partial charge in [-0.3, -0.25) is 9.69 Å². The Morgan fingerprint density at radius 2 is 1.46 bits per heavy atom. The minimum Gasteiger partial charge on any atom is -0.481 e. The van der Waals surface area contributed by atoms with Crippen LogP contribution in [0.1, 0.15) is 47.6 Å². The predicted molar refractivity (Wildman–Crippen MR) is 161 cm³/mol. The standard InChI is InChI=1S/C33H34ClNO5S/c1-2-31(33(37)38)26-13-17-30(18-14-26)41(39,40)29-15-11-24(12-16-29)19-20-35(22-25-7-4-3-5-8-25)23-32(36)27-9-6-10-28(34)21-27/h3-18,21,31-32,36H,2,19-20,22-23H2,1H3,(H,37,38)/t31-,32?/m1/s1. The number of hydrogen-bond acceptors (Lipinski definition) is 5. The van der Waals surface area contributed by atoms with E-state index in [4.69, 9.17) is 11.6 Å². The first-order valence-electron chi connectivity index (χ1n) is 13.5. The lowest BCUT2D eigenvalue weighted by atomic mass is 9.97. The third-order valence-corrected chi connectivity index (χ3v) is 9.18. The molecule has 0 amide bonds. The smallest absolute Gasteiger partial charge is 0.310 e. The molecule has 214 valence electrons. The summed E-state index contributed by atoms with van der Waals surface area (Å²) >= 11 is 6.13. The van der Waals surface area contributed by atoms with Crippen LogP contribution in [-0.2, 0) is 27.6 Å². The summed E-state index contributed by atoms with van der Waals surface area (Å²) in [7, 11) is -3.75. The zero-order chi connectivity index (χ0) is 29.4. The third-order valence-electron chi connectivity index (χ3n) is 7.16. The number of hydrogen-bond donors (Lipinski definition) is 2. The summed E-state index contributed by atoms with van der Waals surface area (Å²) < 4.78 is 26.4. The van der Waals surface area contributed by atoms with Crippen LogP contribution in [-0.4, -0.2) is 42.6 Å². The highest BCUT2D eigenvalue weighted by molar-refractivity contribution is 7.91. The quantitative estimate of drug-likeness (QED) is 0.184. The fourth-order valence-corrected chi connectivity index (χ4v) is 6.29. The summed E-state index contributed by atoms with van der Waals surface area (Å²) in [5, 5.41) is 20.9. The lowest BCUT2D eigenvalue weighted by Crippen LogP contribution is -2.30. The van der Waals surface area contributed by atoms with Crippen molar-refractivity contribution in [1.29, 1.82) is 0 Å². The van der Waals surface area contributed by atoms with E-state index in [1.807, 2.05) is 42.5 Å². The van der Waals surface area contributed by atoms with Gasteiger partial charge >= 0.3 is 5.97 Å². The Balaban J connectivity index is 1.45. The number of carbonyl (C=O) groups is 1. The molecule has 0 bridgehead atoms. The van der Waals surface area contributed by atoms with Crippen molar-refractivity contribution in [3.8, 4) is 0 Å². The Morgan fingerprint density at radius 3 is 2.05 bits per heavy atom. The fraction of sp³-hybridized carbons (Fsp3) is 0.242. The average Bonchev–Trinajstić information content (AvgIpc) is 2.97. The van der Waals surface area contributed by atoms with E-state index in [9.17, 15) is 23.4 Å². The Bertz CT molecular complexity index is 1540. The maximum Gasteiger partial charge on any atom is 0.310 e. The van der Waals surface area contributed by atoms with Gasteiger partial charge in [0.25, 0.3) is 0 Å². The van der Waals surface area contributed by atoms with E-state index >= 15 is 0 Å². The van der Waals surface area contributed by atoms with Gasteiger partial charge in [0.05, 0.1) is 21.8 Å². The topological polar surface area (TPSA) is 94.9 Å². The summed E-state index contributed by atoms with van der Waals surface area (Å²) in [6.07, 6.45) is 0.377. The van der Waals surface area contributed by atoms with E-state index in [2.05, 4.69) is 17.0 Å². The van der Waals surface area contributed by atoms with Crippen LogP contribution < -0.4 is 0 Å². The fourth-order valence-electron chi connectivity index (χ4n) is 4.83. The molecule has 0 spiro atoms. The number of nitrogens with zero attached hydrogens (tertiary/aromatic N) is 1. The lowest BCUT2D eigenvalue weighted by Gasteiger charge is -2.25. The van der Waals surface area contributed by atoms with Crippen LogP contribution >= 0.6 is 11.6 Å². The van der Waals surface area contributed by atoms with Crippen LogP contribution in [0.3, 0.4) is 0 Å². The van der Waals surface area contributed by atoms with Crippen molar-refractivity contribution in [2.45, 2.75) is 48.1 Å². The van der Waals surface area contributed by atoms with Crippen molar-refractivity contribution in [2.75, 3.05) is 13.1 Å². The highest BCUT2D eigenvalue weighted by Crippen LogP contribution is 2.26. The molecule has 0 saturated heterocycles. The van der Waals surface area contributed by atoms with Crippen LogP contribution in [0.5, 0.6) is 0 Å². The number of aliphatic hydroxyl groups is 1. The van der Waals surface area contributed by atoms with Gasteiger partial charge in [-0.2, -0.15) is 0 Å². The molecule has 0 aliphatic heterocycles. The van der Waals surface area contributed by atoms with Crippen molar-refractivity contribution in [2.24, 2.45) is 0 Å². The third kappa shape index (κ3) is 8.05. The molecule has 0 aromatic heterocycles. The zero-order valence-corrected chi connectivity index (χ0v) is 24.4. The van der Waals surface area contributed by atoms with Gasteiger partial charge in [0, 0.05) is 24.7 Å². The van der Waals surface area contributed by atoms with Crippen LogP contribution in [0.2, 0.25) is 5.02 Å². The molecule has 0 aliphatic rings. The molecular formula is C33H34ClNO5S. The summed E-state index contributed by atoms with van der Waals surface area (Å²) in [6, 6.07) is 30.2. The van der Waals surface area contributed by atoms with E-state index < -0.39 is 27.8 Å². The van der Waals surface area contributed by atoms with Gasteiger partial charge in [-0.25, -0.2) is 8.42 Å². The molecule has 4 rings (SSSR count). The highest BCUT2D eigenvalue weighted by atomic mass is 35.5. The molecule has 0 heterocycles. The van der Waals surface area contributed by atoms with E-state index in [0.717, 1.165) is 16.7 Å². The van der Waals surface area contributed by atoms with E-state index in [1.54, 1.807) is 43.3 Å². The number of aliphatic hydroxyl groups excluding tert-OH is 1.